The minimum absolute atomic E-state index is 0.0556. The summed E-state index contributed by atoms with van der Waals surface area (Å²) in [7, 11) is -3.69. The highest BCUT2D eigenvalue weighted by molar-refractivity contribution is 7.89. The third-order valence-electron chi connectivity index (χ3n) is 3.02. The molecule has 1 heterocycles. The zero-order valence-electron chi connectivity index (χ0n) is 11.3. The Morgan fingerprint density at radius 1 is 1.37 bits per heavy atom. The Morgan fingerprint density at radius 2 is 2.00 bits per heavy atom. The molecule has 6 heteroatoms. The molecule has 1 N–H and O–H groups in total. The maximum absolute atomic E-state index is 12.6. The van der Waals surface area contributed by atoms with E-state index in [-0.39, 0.29) is 23.3 Å². The summed E-state index contributed by atoms with van der Waals surface area (Å²) >= 11 is 0. The van der Waals surface area contributed by atoms with Gasteiger partial charge in [-0.25, -0.2) is 8.42 Å². The standard InChI is InChI=1S/C13H19NO4S/c1-10-8-14(9-13(2,3)18-10)19(16,17)12-7-5-4-6-11(12)15/h4-7,10,15H,8-9H2,1-3H3. The smallest absolute Gasteiger partial charge is 0.246 e. The van der Waals surface area contributed by atoms with E-state index in [1.807, 2.05) is 20.8 Å². The molecule has 2 rings (SSSR count). The lowest BCUT2D eigenvalue weighted by Gasteiger charge is -2.40. The van der Waals surface area contributed by atoms with Crippen LogP contribution in [0.4, 0.5) is 0 Å². The SMILES string of the molecule is CC1CN(S(=O)(=O)c2ccccc2O)CC(C)(C)O1. The van der Waals surface area contributed by atoms with Gasteiger partial charge in [0, 0.05) is 13.1 Å². The molecule has 106 valence electrons. The molecule has 0 radical (unpaired) electrons. The summed E-state index contributed by atoms with van der Waals surface area (Å²) in [6.45, 7) is 6.12. The molecule has 1 aromatic rings. The number of nitrogens with zero attached hydrogens (tertiary/aromatic N) is 1. The molecule has 0 spiro atoms. The van der Waals surface area contributed by atoms with Crippen LogP contribution in [0.15, 0.2) is 29.2 Å². The van der Waals surface area contributed by atoms with E-state index in [4.69, 9.17) is 4.74 Å². The van der Waals surface area contributed by atoms with Crippen LogP contribution in [0.1, 0.15) is 20.8 Å². The Labute approximate surface area is 113 Å². The molecule has 1 aromatic carbocycles. The van der Waals surface area contributed by atoms with Crippen LogP contribution in [0.25, 0.3) is 0 Å². The van der Waals surface area contributed by atoms with Crippen molar-refractivity contribution in [3.8, 4) is 5.75 Å². The first-order chi connectivity index (χ1) is 8.72. The molecule has 0 aromatic heterocycles. The molecule has 0 bridgehead atoms. The molecule has 1 atom stereocenters. The van der Waals surface area contributed by atoms with Crippen LogP contribution in [0.2, 0.25) is 0 Å². The fourth-order valence-electron chi connectivity index (χ4n) is 2.39. The zero-order chi connectivity index (χ0) is 14.3. The Bertz CT molecular complexity index is 568. The number of sulfonamides is 1. The number of aromatic hydroxyl groups is 1. The lowest BCUT2D eigenvalue weighted by atomic mass is 10.1. The van der Waals surface area contributed by atoms with Gasteiger partial charge in [0.05, 0.1) is 11.7 Å². The van der Waals surface area contributed by atoms with Crippen LogP contribution >= 0.6 is 0 Å². The molecule has 1 aliphatic heterocycles. The second-order valence-corrected chi connectivity index (χ2v) is 7.36. The Morgan fingerprint density at radius 3 is 2.58 bits per heavy atom. The number of rotatable bonds is 2. The van der Waals surface area contributed by atoms with Crippen molar-refractivity contribution in [2.75, 3.05) is 13.1 Å². The fraction of sp³-hybridized carbons (Fsp3) is 0.538. The van der Waals surface area contributed by atoms with Gasteiger partial charge in [-0.1, -0.05) is 12.1 Å². The van der Waals surface area contributed by atoms with Crippen molar-refractivity contribution < 1.29 is 18.3 Å². The predicted molar refractivity (Wildman–Crippen MR) is 71.5 cm³/mol. The first-order valence-electron chi connectivity index (χ1n) is 6.18. The number of morpholine rings is 1. The Hall–Kier alpha value is -1.11. The van der Waals surface area contributed by atoms with E-state index in [2.05, 4.69) is 0 Å². The summed E-state index contributed by atoms with van der Waals surface area (Å²) in [4.78, 5) is -0.0556. The molecule has 0 saturated carbocycles. The molecule has 0 amide bonds. The maximum Gasteiger partial charge on any atom is 0.246 e. The summed E-state index contributed by atoms with van der Waals surface area (Å²) in [6, 6.07) is 5.99. The molecule has 1 fully saturated rings. The monoisotopic (exact) mass is 285 g/mol. The van der Waals surface area contributed by atoms with Crippen molar-refractivity contribution >= 4 is 10.0 Å². The Kier molecular flexibility index (Phi) is 3.59. The molecule has 1 saturated heterocycles. The van der Waals surface area contributed by atoms with E-state index in [1.54, 1.807) is 12.1 Å². The summed E-state index contributed by atoms with van der Waals surface area (Å²) in [5.74, 6) is -0.223. The van der Waals surface area contributed by atoms with E-state index in [0.29, 0.717) is 6.54 Å². The van der Waals surface area contributed by atoms with Crippen molar-refractivity contribution in [2.45, 2.75) is 37.4 Å². The van der Waals surface area contributed by atoms with Gasteiger partial charge in [-0.3, -0.25) is 0 Å². The third kappa shape index (κ3) is 2.91. The quantitative estimate of drug-likeness (QED) is 0.896. The largest absolute Gasteiger partial charge is 0.507 e. The highest BCUT2D eigenvalue weighted by atomic mass is 32.2. The van der Waals surface area contributed by atoms with Gasteiger partial charge in [0.15, 0.2) is 0 Å². The Balaban J connectivity index is 2.38. The summed E-state index contributed by atoms with van der Waals surface area (Å²) in [6.07, 6.45) is -0.176. The summed E-state index contributed by atoms with van der Waals surface area (Å²) in [5.41, 5.74) is -0.533. The number of benzene rings is 1. The minimum Gasteiger partial charge on any atom is -0.507 e. The van der Waals surface area contributed by atoms with Crippen LogP contribution in [0.5, 0.6) is 5.75 Å². The van der Waals surface area contributed by atoms with Gasteiger partial charge >= 0.3 is 0 Å². The topological polar surface area (TPSA) is 66.8 Å². The van der Waals surface area contributed by atoms with Gasteiger partial charge < -0.3 is 9.84 Å². The lowest BCUT2D eigenvalue weighted by molar-refractivity contribution is -0.109. The average Bonchev–Trinajstić information content (AvgIpc) is 2.26. The fourth-order valence-corrected chi connectivity index (χ4v) is 4.14. The van der Waals surface area contributed by atoms with Crippen molar-refractivity contribution in [2.24, 2.45) is 0 Å². The normalized spacial score (nSPS) is 24.3. The van der Waals surface area contributed by atoms with Gasteiger partial charge in [-0.2, -0.15) is 4.31 Å². The van der Waals surface area contributed by atoms with Crippen molar-refractivity contribution in [1.82, 2.24) is 4.31 Å². The highest BCUT2D eigenvalue weighted by Crippen LogP contribution is 2.30. The molecule has 1 unspecified atom stereocenters. The molecular weight excluding hydrogens is 266 g/mol. The summed E-state index contributed by atoms with van der Waals surface area (Å²) < 4.78 is 32.2. The number of hydrogen-bond acceptors (Lipinski definition) is 4. The lowest BCUT2D eigenvalue weighted by Crippen LogP contribution is -2.53. The second kappa shape index (κ2) is 4.77. The van der Waals surface area contributed by atoms with E-state index in [0.717, 1.165) is 0 Å². The van der Waals surface area contributed by atoms with Crippen molar-refractivity contribution in [3.63, 3.8) is 0 Å². The van der Waals surface area contributed by atoms with Gasteiger partial charge in [0.25, 0.3) is 0 Å². The van der Waals surface area contributed by atoms with Crippen LogP contribution < -0.4 is 0 Å². The van der Waals surface area contributed by atoms with Crippen LogP contribution in [-0.2, 0) is 14.8 Å². The number of phenols is 1. The predicted octanol–water partition coefficient (Wildman–Crippen LogP) is 1.58. The molecule has 19 heavy (non-hydrogen) atoms. The minimum atomic E-state index is -3.69. The van der Waals surface area contributed by atoms with E-state index in [1.165, 1.54) is 16.4 Å². The summed E-state index contributed by atoms with van der Waals surface area (Å²) in [5, 5.41) is 9.74. The zero-order valence-corrected chi connectivity index (χ0v) is 12.1. The number of hydrogen-bond donors (Lipinski definition) is 1. The van der Waals surface area contributed by atoms with E-state index in [9.17, 15) is 13.5 Å². The van der Waals surface area contributed by atoms with E-state index < -0.39 is 15.6 Å². The molecule has 5 nitrogen and oxygen atoms in total. The van der Waals surface area contributed by atoms with Crippen LogP contribution in [-0.4, -0.2) is 42.6 Å². The van der Waals surface area contributed by atoms with E-state index >= 15 is 0 Å². The van der Waals surface area contributed by atoms with Gasteiger partial charge in [0.2, 0.25) is 10.0 Å². The number of para-hydroxylation sites is 1. The first kappa shape index (κ1) is 14.3. The second-order valence-electron chi connectivity index (χ2n) is 5.45. The molecular formula is C13H19NO4S. The van der Waals surface area contributed by atoms with Gasteiger partial charge in [-0.05, 0) is 32.9 Å². The van der Waals surface area contributed by atoms with Gasteiger partial charge in [-0.15, -0.1) is 0 Å². The highest BCUT2D eigenvalue weighted by Gasteiger charge is 2.38. The first-order valence-corrected chi connectivity index (χ1v) is 7.62. The molecule has 1 aliphatic rings. The third-order valence-corrected chi connectivity index (χ3v) is 4.88. The van der Waals surface area contributed by atoms with Crippen LogP contribution in [0, 0.1) is 0 Å². The van der Waals surface area contributed by atoms with Crippen molar-refractivity contribution in [1.29, 1.82) is 0 Å². The average molecular weight is 285 g/mol. The maximum atomic E-state index is 12.6. The van der Waals surface area contributed by atoms with Crippen molar-refractivity contribution in [3.05, 3.63) is 24.3 Å². The number of phenolic OH excluding ortho intramolecular Hbond substituents is 1. The molecule has 0 aliphatic carbocycles. The van der Waals surface area contributed by atoms with Gasteiger partial charge in [0.1, 0.15) is 10.6 Å². The van der Waals surface area contributed by atoms with Crippen LogP contribution in [0.3, 0.4) is 0 Å². The number of ether oxygens (including phenoxy) is 1.